The minimum Gasteiger partial charge on any atom is -0.481 e. The van der Waals surface area contributed by atoms with Crippen LogP contribution < -0.4 is 5.32 Å². The van der Waals surface area contributed by atoms with Crippen molar-refractivity contribution in [2.75, 3.05) is 0 Å². The van der Waals surface area contributed by atoms with Crippen LogP contribution >= 0.6 is 0 Å². The van der Waals surface area contributed by atoms with Gasteiger partial charge in [0.05, 0.1) is 11.3 Å². The summed E-state index contributed by atoms with van der Waals surface area (Å²) < 4.78 is 0. The second kappa shape index (κ2) is 6.48. The van der Waals surface area contributed by atoms with E-state index >= 15 is 0 Å². The molecule has 19 heavy (non-hydrogen) atoms. The maximum atomic E-state index is 11.8. The van der Waals surface area contributed by atoms with E-state index in [9.17, 15) is 19.7 Å². The molecule has 0 aromatic heterocycles. The minimum atomic E-state index is -0.990. The normalized spacial score (nSPS) is 11.6. The predicted molar refractivity (Wildman–Crippen MR) is 66.9 cm³/mol. The van der Waals surface area contributed by atoms with Crippen molar-refractivity contribution in [2.45, 2.75) is 25.8 Å². The Balaban J connectivity index is 2.71. The number of aliphatic carboxylic acids is 1. The second-order valence-electron chi connectivity index (χ2n) is 3.98. The fourth-order valence-corrected chi connectivity index (χ4v) is 1.51. The Hall–Kier alpha value is -2.44. The number of carbonyl (C=O) groups excluding carboxylic acids is 1. The topological polar surface area (TPSA) is 110 Å². The van der Waals surface area contributed by atoms with Gasteiger partial charge >= 0.3 is 5.97 Å². The van der Waals surface area contributed by atoms with E-state index in [1.807, 2.05) is 0 Å². The molecule has 0 radical (unpaired) electrons. The lowest BCUT2D eigenvalue weighted by Crippen LogP contribution is -2.35. The third-order valence-electron chi connectivity index (χ3n) is 2.59. The Morgan fingerprint density at radius 1 is 1.37 bits per heavy atom. The average molecular weight is 266 g/mol. The van der Waals surface area contributed by atoms with Crippen molar-refractivity contribution in [1.29, 1.82) is 0 Å². The minimum absolute atomic E-state index is 0.103. The molecule has 0 aliphatic rings. The Bertz CT molecular complexity index is 483. The number of nitrogens with one attached hydrogen (secondary N) is 1. The van der Waals surface area contributed by atoms with Gasteiger partial charge in [0, 0.05) is 23.7 Å². The zero-order valence-electron chi connectivity index (χ0n) is 10.3. The number of benzene rings is 1. The molecule has 1 rings (SSSR count). The van der Waals surface area contributed by atoms with Gasteiger partial charge in [0.2, 0.25) is 0 Å². The van der Waals surface area contributed by atoms with Crippen LogP contribution in [-0.2, 0) is 4.79 Å². The van der Waals surface area contributed by atoms with Crippen molar-refractivity contribution in [3.8, 4) is 0 Å². The van der Waals surface area contributed by atoms with Crippen molar-refractivity contribution < 1.29 is 19.6 Å². The van der Waals surface area contributed by atoms with Crippen LogP contribution in [-0.4, -0.2) is 27.9 Å². The van der Waals surface area contributed by atoms with Crippen molar-refractivity contribution >= 4 is 17.6 Å². The molecule has 0 spiro atoms. The molecule has 0 aliphatic heterocycles. The van der Waals surface area contributed by atoms with Crippen LogP contribution in [0.2, 0.25) is 0 Å². The Labute approximate surface area is 109 Å². The summed E-state index contributed by atoms with van der Waals surface area (Å²) in [7, 11) is 0. The number of rotatable bonds is 6. The first-order valence-electron chi connectivity index (χ1n) is 5.71. The first-order valence-corrected chi connectivity index (χ1v) is 5.71. The van der Waals surface area contributed by atoms with Gasteiger partial charge in [-0.25, -0.2) is 0 Å². The monoisotopic (exact) mass is 266 g/mol. The third-order valence-corrected chi connectivity index (χ3v) is 2.59. The van der Waals surface area contributed by atoms with Gasteiger partial charge in [0.15, 0.2) is 0 Å². The molecule has 0 heterocycles. The van der Waals surface area contributed by atoms with Crippen molar-refractivity contribution in [1.82, 2.24) is 5.32 Å². The fraction of sp³-hybridized carbons (Fsp3) is 0.333. The van der Waals surface area contributed by atoms with Crippen LogP contribution in [0, 0.1) is 10.1 Å². The fourth-order valence-electron chi connectivity index (χ4n) is 1.51. The van der Waals surface area contributed by atoms with E-state index in [1.54, 1.807) is 6.92 Å². The van der Waals surface area contributed by atoms with Crippen LogP contribution in [0.15, 0.2) is 24.3 Å². The molecule has 0 aliphatic carbocycles. The van der Waals surface area contributed by atoms with Crippen molar-refractivity contribution in [3.05, 3.63) is 39.9 Å². The maximum Gasteiger partial charge on any atom is 0.305 e. The SMILES string of the molecule is CCC(CC(=O)O)NC(=O)c1ccc([N+](=O)[O-])cc1. The van der Waals surface area contributed by atoms with Crippen LogP contribution in [0.25, 0.3) is 0 Å². The molecular formula is C12H14N2O5. The molecule has 0 saturated carbocycles. The molecule has 0 fully saturated rings. The van der Waals surface area contributed by atoms with Gasteiger partial charge in [-0.1, -0.05) is 6.92 Å². The predicted octanol–water partition coefficient (Wildman–Crippen LogP) is 1.58. The lowest BCUT2D eigenvalue weighted by molar-refractivity contribution is -0.384. The quantitative estimate of drug-likeness (QED) is 0.600. The van der Waals surface area contributed by atoms with Crippen LogP contribution in [0.3, 0.4) is 0 Å². The lowest BCUT2D eigenvalue weighted by atomic mass is 10.1. The Kier molecular flexibility index (Phi) is 4.99. The zero-order chi connectivity index (χ0) is 14.4. The van der Waals surface area contributed by atoms with Gasteiger partial charge in [-0.05, 0) is 18.6 Å². The maximum absolute atomic E-state index is 11.8. The van der Waals surface area contributed by atoms with Gasteiger partial charge in [0.1, 0.15) is 0 Å². The molecule has 1 aromatic rings. The van der Waals surface area contributed by atoms with E-state index in [2.05, 4.69) is 5.32 Å². The number of hydrogen-bond donors (Lipinski definition) is 2. The van der Waals surface area contributed by atoms with E-state index in [1.165, 1.54) is 24.3 Å². The number of non-ortho nitro benzene ring substituents is 1. The van der Waals surface area contributed by atoms with E-state index < -0.39 is 22.8 Å². The number of amides is 1. The van der Waals surface area contributed by atoms with Gasteiger partial charge in [0.25, 0.3) is 11.6 Å². The molecule has 7 heteroatoms. The number of carboxylic acid groups (broad SMARTS) is 1. The summed E-state index contributed by atoms with van der Waals surface area (Å²) >= 11 is 0. The largest absolute Gasteiger partial charge is 0.481 e. The molecule has 7 nitrogen and oxygen atoms in total. The van der Waals surface area contributed by atoms with E-state index in [0.29, 0.717) is 6.42 Å². The summed E-state index contributed by atoms with van der Waals surface area (Å²) in [6.07, 6.45) is 0.334. The molecule has 1 unspecified atom stereocenters. The van der Waals surface area contributed by atoms with Crippen LogP contribution in [0.4, 0.5) is 5.69 Å². The number of carbonyl (C=O) groups is 2. The van der Waals surface area contributed by atoms with E-state index in [4.69, 9.17) is 5.11 Å². The van der Waals surface area contributed by atoms with Crippen LogP contribution in [0.5, 0.6) is 0 Å². The molecule has 0 bridgehead atoms. The number of carboxylic acids is 1. The smallest absolute Gasteiger partial charge is 0.305 e. The molecule has 2 N–H and O–H groups in total. The van der Waals surface area contributed by atoms with Gasteiger partial charge in [-0.3, -0.25) is 19.7 Å². The van der Waals surface area contributed by atoms with Gasteiger partial charge in [-0.15, -0.1) is 0 Å². The molecule has 102 valence electrons. The summed E-state index contributed by atoms with van der Waals surface area (Å²) in [5.41, 5.74) is 0.156. The second-order valence-corrected chi connectivity index (χ2v) is 3.98. The van der Waals surface area contributed by atoms with Crippen LogP contribution in [0.1, 0.15) is 30.1 Å². The molecule has 1 aromatic carbocycles. The highest BCUT2D eigenvalue weighted by Gasteiger charge is 2.16. The first kappa shape index (κ1) is 14.6. The van der Waals surface area contributed by atoms with Gasteiger partial charge < -0.3 is 10.4 Å². The number of hydrogen-bond acceptors (Lipinski definition) is 4. The third kappa shape index (κ3) is 4.38. The summed E-state index contributed by atoms with van der Waals surface area (Å²) in [5, 5.41) is 21.7. The molecule has 1 amide bonds. The van der Waals surface area contributed by atoms with E-state index in [0.717, 1.165) is 0 Å². The molecule has 0 saturated heterocycles. The summed E-state index contributed by atoms with van der Waals surface area (Å²) in [6, 6.07) is 4.67. The lowest BCUT2D eigenvalue weighted by Gasteiger charge is -2.14. The highest BCUT2D eigenvalue weighted by atomic mass is 16.6. The summed E-state index contributed by atoms with van der Waals surface area (Å²) in [6.45, 7) is 1.77. The Morgan fingerprint density at radius 2 is 1.95 bits per heavy atom. The number of nitro groups is 1. The first-order chi connectivity index (χ1) is 8.93. The van der Waals surface area contributed by atoms with E-state index in [-0.39, 0.29) is 17.7 Å². The van der Waals surface area contributed by atoms with Crippen molar-refractivity contribution in [3.63, 3.8) is 0 Å². The van der Waals surface area contributed by atoms with Gasteiger partial charge in [-0.2, -0.15) is 0 Å². The summed E-state index contributed by atoms with van der Waals surface area (Å²) in [4.78, 5) is 32.3. The summed E-state index contributed by atoms with van der Waals surface area (Å²) in [5.74, 6) is -1.43. The standard InChI is InChI=1S/C12H14N2O5/c1-2-9(7-11(15)16)13-12(17)8-3-5-10(6-4-8)14(18)19/h3-6,9H,2,7H2,1H3,(H,13,17)(H,15,16). The number of nitrogens with zero attached hydrogens (tertiary/aromatic N) is 1. The zero-order valence-corrected chi connectivity index (χ0v) is 10.3. The average Bonchev–Trinajstić information content (AvgIpc) is 2.37. The highest BCUT2D eigenvalue weighted by molar-refractivity contribution is 5.94. The highest BCUT2D eigenvalue weighted by Crippen LogP contribution is 2.12. The Morgan fingerprint density at radius 3 is 2.37 bits per heavy atom. The van der Waals surface area contributed by atoms with Crippen molar-refractivity contribution in [2.24, 2.45) is 0 Å². The molecular weight excluding hydrogens is 252 g/mol. The molecule has 1 atom stereocenters. The number of nitro benzene ring substituents is 1.